The molecule has 216 valence electrons. The van der Waals surface area contributed by atoms with E-state index in [1.165, 1.54) is 30.1 Å². The van der Waals surface area contributed by atoms with E-state index >= 15 is 0 Å². The van der Waals surface area contributed by atoms with Crippen molar-refractivity contribution in [2.24, 2.45) is 11.3 Å². The Morgan fingerprint density at radius 2 is 2.00 bits per heavy atom. The van der Waals surface area contributed by atoms with Crippen molar-refractivity contribution in [1.29, 1.82) is 0 Å². The van der Waals surface area contributed by atoms with Crippen molar-refractivity contribution in [2.75, 3.05) is 6.61 Å². The zero-order valence-electron chi connectivity index (χ0n) is 22.7. The van der Waals surface area contributed by atoms with Crippen molar-refractivity contribution in [1.82, 2.24) is 19.6 Å². The standard InChI is InChI=1S/C27H34N4O8S/c1-14(32)19-22-27(3,9-10-38-26(37)39-16-7-5-4-6-8-16)20(21(25(35)36)31(22)23(19)34)18-12-30-13-29-17(24(30)40-18)11-28-15(2)33/h12-14,16,19,22,32H,4-11H2,1-3H3,(H,28,33)(H,35,36)/t14-,19-,22-,27?/m1/s1. The first-order valence-corrected chi connectivity index (χ1v) is 14.4. The molecule has 2 amide bonds. The summed E-state index contributed by atoms with van der Waals surface area (Å²) in [4.78, 5) is 56.5. The van der Waals surface area contributed by atoms with Gasteiger partial charge in [0, 0.05) is 24.1 Å². The lowest BCUT2D eigenvalue weighted by Crippen LogP contribution is -2.66. The molecule has 2 fully saturated rings. The minimum Gasteiger partial charge on any atom is -0.477 e. The van der Waals surface area contributed by atoms with Crippen molar-refractivity contribution in [3.8, 4) is 0 Å². The highest BCUT2D eigenvalue weighted by atomic mass is 32.1. The maximum Gasteiger partial charge on any atom is 0.508 e. The largest absolute Gasteiger partial charge is 0.508 e. The van der Waals surface area contributed by atoms with Gasteiger partial charge in [0.25, 0.3) is 0 Å². The second-order valence-electron chi connectivity index (χ2n) is 11.0. The number of β-lactam (4-membered cyclic amide) rings is 1. The normalized spacial score (nSPS) is 25.5. The van der Waals surface area contributed by atoms with E-state index in [-0.39, 0.29) is 37.3 Å². The third kappa shape index (κ3) is 4.85. The first-order chi connectivity index (χ1) is 19.0. The van der Waals surface area contributed by atoms with Crippen molar-refractivity contribution < 1.29 is 38.9 Å². The van der Waals surface area contributed by atoms with E-state index in [1.54, 1.807) is 16.9 Å². The number of aromatic nitrogens is 2. The van der Waals surface area contributed by atoms with Crippen molar-refractivity contribution in [2.45, 2.75) is 84.1 Å². The number of aliphatic hydroxyl groups is 1. The van der Waals surface area contributed by atoms with Gasteiger partial charge in [-0.2, -0.15) is 0 Å². The molecule has 2 aromatic rings. The van der Waals surface area contributed by atoms with Gasteiger partial charge in [0.15, 0.2) is 0 Å². The number of nitrogens with one attached hydrogen (secondary N) is 1. The number of ether oxygens (including phenoxy) is 2. The number of aliphatic carboxylic acids is 1. The topological polar surface area (TPSA) is 160 Å². The monoisotopic (exact) mass is 574 g/mol. The number of carbonyl (C=O) groups is 4. The highest BCUT2D eigenvalue weighted by Crippen LogP contribution is 2.60. The Hall–Kier alpha value is -3.45. The molecule has 2 aromatic heterocycles. The molecule has 0 spiro atoms. The van der Waals surface area contributed by atoms with E-state index in [1.807, 2.05) is 6.92 Å². The predicted molar refractivity (Wildman–Crippen MR) is 143 cm³/mol. The van der Waals surface area contributed by atoms with Crippen molar-refractivity contribution in [3.63, 3.8) is 0 Å². The molecule has 40 heavy (non-hydrogen) atoms. The van der Waals surface area contributed by atoms with Gasteiger partial charge in [-0.3, -0.25) is 14.0 Å². The lowest BCUT2D eigenvalue weighted by molar-refractivity contribution is -0.167. The van der Waals surface area contributed by atoms with Crippen LogP contribution in [0.25, 0.3) is 10.4 Å². The van der Waals surface area contributed by atoms with Gasteiger partial charge in [0.05, 0.1) is 41.8 Å². The van der Waals surface area contributed by atoms with Gasteiger partial charge in [0.1, 0.15) is 23.0 Å². The van der Waals surface area contributed by atoms with Gasteiger partial charge < -0.3 is 29.9 Å². The molecule has 0 aromatic carbocycles. The Kier molecular flexibility index (Phi) is 7.62. The van der Waals surface area contributed by atoms with Crippen LogP contribution in [0.2, 0.25) is 0 Å². The Balaban J connectivity index is 1.46. The van der Waals surface area contributed by atoms with E-state index in [4.69, 9.17) is 9.47 Å². The number of carboxylic acid groups (broad SMARTS) is 1. The number of hydrogen-bond donors (Lipinski definition) is 3. The number of rotatable bonds is 9. The van der Waals surface area contributed by atoms with Crippen LogP contribution in [-0.2, 0) is 30.4 Å². The Bertz CT molecular complexity index is 1370. The van der Waals surface area contributed by atoms with Crippen LogP contribution in [0.15, 0.2) is 18.2 Å². The molecule has 0 bridgehead atoms. The summed E-state index contributed by atoms with van der Waals surface area (Å²) < 4.78 is 12.7. The molecule has 0 radical (unpaired) electrons. The Labute approximate surface area is 235 Å². The summed E-state index contributed by atoms with van der Waals surface area (Å²) in [5.41, 5.74) is -0.0358. The number of nitrogens with zero attached hydrogens (tertiary/aromatic N) is 3. The molecule has 5 rings (SSSR count). The van der Waals surface area contributed by atoms with Crippen LogP contribution in [0.5, 0.6) is 0 Å². The van der Waals surface area contributed by atoms with Crippen LogP contribution in [0.4, 0.5) is 4.79 Å². The van der Waals surface area contributed by atoms with Crippen LogP contribution in [0.3, 0.4) is 0 Å². The first kappa shape index (κ1) is 28.1. The molecule has 3 aliphatic rings. The second kappa shape index (κ2) is 10.8. The maximum absolute atomic E-state index is 13.1. The van der Waals surface area contributed by atoms with Crippen LogP contribution >= 0.6 is 11.3 Å². The summed E-state index contributed by atoms with van der Waals surface area (Å²) in [5, 5.41) is 23.5. The number of amides is 2. The summed E-state index contributed by atoms with van der Waals surface area (Å²) >= 11 is 1.30. The van der Waals surface area contributed by atoms with E-state index in [0.29, 0.717) is 16.1 Å². The molecular weight excluding hydrogens is 540 g/mol. The fraction of sp³-hybridized carbons (Fsp3) is 0.593. The number of hydrogen-bond acceptors (Lipinski definition) is 9. The van der Waals surface area contributed by atoms with Gasteiger partial charge in [-0.25, -0.2) is 14.6 Å². The number of carbonyl (C=O) groups excluding carboxylic acids is 3. The molecular formula is C27H34N4O8S. The smallest absolute Gasteiger partial charge is 0.477 e. The second-order valence-corrected chi connectivity index (χ2v) is 12.0. The van der Waals surface area contributed by atoms with E-state index in [2.05, 4.69) is 10.3 Å². The molecule has 2 aliphatic heterocycles. The molecule has 1 aliphatic carbocycles. The highest BCUT2D eigenvalue weighted by molar-refractivity contribution is 7.18. The number of aliphatic hydroxyl groups excluding tert-OH is 1. The minimum absolute atomic E-state index is 0.0525. The SMILES string of the molecule is CC(=O)NCc1ncn2cc(C3=C(C(=O)O)N4C(=O)[C@H]([C@@H](C)O)[C@@H]4C3(C)CCOC(=O)OC3CCCCC3)sc12. The van der Waals surface area contributed by atoms with Crippen LogP contribution in [-0.4, -0.2) is 73.3 Å². The summed E-state index contributed by atoms with van der Waals surface area (Å²) in [5.74, 6) is -2.71. The summed E-state index contributed by atoms with van der Waals surface area (Å²) in [6.07, 6.45) is 6.39. The van der Waals surface area contributed by atoms with Gasteiger partial charge in [-0.1, -0.05) is 13.3 Å². The summed E-state index contributed by atoms with van der Waals surface area (Å²) in [6, 6.07) is -0.627. The first-order valence-electron chi connectivity index (χ1n) is 13.6. The number of thiazole rings is 1. The zero-order chi connectivity index (χ0) is 28.8. The fourth-order valence-electron chi connectivity index (χ4n) is 6.33. The molecule has 13 heteroatoms. The summed E-state index contributed by atoms with van der Waals surface area (Å²) in [7, 11) is 0. The van der Waals surface area contributed by atoms with E-state index < -0.39 is 41.5 Å². The van der Waals surface area contributed by atoms with Crippen LogP contribution < -0.4 is 5.32 Å². The Morgan fingerprint density at radius 1 is 1.27 bits per heavy atom. The quantitative estimate of drug-likeness (QED) is 0.302. The molecule has 4 heterocycles. The molecule has 1 unspecified atom stereocenters. The van der Waals surface area contributed by atoms with Gasteiger partial charge in [0.2, 0.25) is 11.8 Å². The maximum atomic E-state index is 13.1. The average molecular weight is 575 g/mol. The fourth-order valence-corrected chi connectivity index (χ4v) is 7.58. The molecule has 12 nitrogen and oxygen atoms in total. The molecule has 4 atom stereocenters. The lowest BCUT2D eigenvalue weighted by atomic mass is 9.66. The molecule has 1 saturated heterocycles. The minimum atomic E-state index is -1.26. The number of carboxylic acids is 1. The average Bonchev–Trinajstić information content (AvgIpc) is 3.52. The third-order valence-corrected chi connectivity index (χ3v) is 9.42. The van der Waals surface area contributed by atoms with Crippen LogP contribution in [0, 0.1) is 11.3 Å². The van der Waals surface area contributed by atoms with E-state index in [0.717, 1.165) is 36.9 Å². The third-order valence-electron chi connectivity index (χ3n) is 8.25. The van der Waals surface area contributed by atoms with Gasteiger partial charge in [-0.15, -0.1) is 11.3 Å². The number of imidazole rings is 1. The molecule has 3 N–H and O–H groups in total. The highest BCUT2D eigenvalue weighted by Gasteiger charge is 2.66. The van der Waals surface area contributed by atoms with E-state index in [9.17, 15) is 29.4 Å². The van der Waals surface area contributed by atoms with Gasteiger partial charge >= 0.3 is 12.1 Å². The zero-order valence-corrected chi connectivity index (χ0v) is 23.5. The Morgan fingerprint density at radius 3 is 2.65 bits per heavy atom. The van der Waals surface area contributed by atoms with Crippen molar-refractivity contribution in [3.05, 3.63) is 28.8 Å². The predicted octanol–water partition coefficient (Wildman–Crippen LogP) is 2.93. The lowest BCUT2D eigenvalue weighted by Gasteiger charge is -2.50. The van der Waals surface area contributed by atoms with Crippen molar-refractivity contribution >= 4 is 45.7 Å². The van der Waals surface area contributed by atoms with Crippen LogP contribution in [0.1, 0.15) is 69.9 Å². The number of fused-ring (bicyclic) bond motifs is 2. The van der Waals surface area contributed by atoms with Gasteiger partial charge in [-0.05, 0) is 39.0 Å². The summed E-state index contributed by atoms with van der Waals surface area (Å²) in [6.45, 7) is 4.93. The molecule has 1 saturated carbocycles.